The Labute approximate surface area is 66.6 Å². The largest absolute Gasteiger partial charge is 0.481 e. The van der Waals surface area contributed by atoms with Gasteiger partial charge in [-0.2, -0.15) is 0 Å². The lowest BCUT2D eigenvalue weighted by atomic mass is 9.86. The molecular weight excluding hydrogens is 140 g/mol. The number of hydrogen-bond donors (Lipinski definition) is 1. The minimum absolute atomic E-state index is 0.418. The minimum Gasteiger partial charge on any atom is -0.481 e. The molecule has 2 fully saturated rings. The second-order valence-electron chi connectivity index (χ2n) is 4.03. The van der Waals surface area contributed by atoms with Gasteiger partial charge in [-0.15, -0.1) is 0 Å². The molecule has 62 valence electrons. The van der Waals surface area contributed by atoms with Crippen molar-refractivity contribution in [3.8, 4) is 0 Å². The number of carbonyl (C=O) groups is 1. The zero-order valence-corrected chi connectivity index (χ0v) is 6.62. The molecule has 2 heteroatoms. The first-order valence-corrected chi connectivity index (χ1v) is 4.47. The molecule has 0 aliphatic heterocycles. The monoisotopic (exact) mass is 154 g/mol. The van der Waals surface area contributed by atoms with Crippen molar-refractivity contribution in [3.05, 3.63) is 0 Å². The van der Waals surface area contributed by atoms with Gasteiger partial charge in [0, 0.05) is 6.42 Å². The molecule has 0 aromatic rings. The standard InChI is InChI=1S/C9H14O2/c10-9(11)5-8-4-6-1-2-7(8)3-6/h6-8H,1-5H2,(H,10,11)/t6-,7+,8?/m0/s1. The highest BCUT2D eigenvalue weighted by molar-refractivity contribution is 5.67. The molecule has 1 unspecified atom stereocenters. The lowest BCUT2D eigenvalue weighted by Gasteiger charge is -2.18. The SMILES string of the molecule is O=C(O)CC1C[C@H]2CC[C@@H]1C2. The zero-order valence-electron chi connectivity index (χ0n) is 6.62. The van der Waals surface area contributed by atoms with Gasteiger partial charge in [-0.25, -0.2) is 0 Å². The van der Waals surface area contributed by atoms with Crippen molar-refractivity contribution in [3.63, 3.8) is 0 Å². The fourth-order valence-corrected chi connectivity index (χ4v) is 2.85. The summed E-state index contributed by atoms with van der Waals surface area (Å²) in [6.45, 7) is 0. The maximum atomic E-state index is 10.4. The fraction of sp³-hybridized carbons (Fsp3) is 0.889. The van der Waals surface area contributed by atoms with E-state index in [0.29, 0.717) is 12.3 Å². The predicted molar refractivity (Wildman–Crippen MR) is 41.2 cm³/mol. The van der Waals surface area contributed by atoms with Crippen molar-refractivity contribution >= 4 is 5.97 Å². The fourth-order valence-electron chi connectivity index (χ4n) is 2.85. The van der Waals surface area contributed by atoms with Gasteiger partial charge in [0.15, 0.2) is 0 Å². The number of carboxylic acid groups (broad SMARTS) is 1. The van der Waals surface area contributed by atoms with Gasteiger partial charge in [0.1, 0.15) is 0 Å². The third-order valence-corrected chi connectivity index (χ3v) is 3.32. The summed E-state index contributed by atoms with van der Waals surface area (Å²) in [4.78, 5) is 10.4. The molecule has 0 spiro atoms. The van der Waals surface area contributed by atoms with Crippen molar-refractivity contribution < 1.29 is 9.90 Å². The van der Waals surface area contributed by atoms with Crippen molar-refractivity contribution in [1.29, 1.82) is 0 Å². The van der Waals surface area contributed by atoms with E-state index in [4.69, 9.17) is 5.11 Å². The summed E-state index contributed by atoms with van der Waals surface area (Å²) >= 11 is 0. The predicted octanol–water partition coefficient (Wildman–Crippen LogP) is 1.90. The molecule has 11 heavy (non-hydrogen) atoms. The number of carboxylic acids is 1. The van der Waals surface area contributed by atoms with Gasteiger partial charge in [-0.1, -0.05) is 6.42 Å². The Hall–Kier alpha value is -0.530. The number of aliphatic carboxylic acids is 1. The van der Waals surface area contributed by atoms with Crippen LogP contribution in [0.5, 0.6) is 0 Å². The van der Waals surface area contributed by atoms with Gasteiger partial charge >= 0.3 is 5.97 Å². The van der Waals surface area contributed by atoms with E-state index in [0.717, 1.165) is 11.8 Å². The van der Waals surface area contributed by atoms with E-state index in [1.807, 2.05) is 0 Å². The second kappa shape index (κ2) is 2.50. The molecule has 2 bridgehead atoms. The van der Waals surface area contributed by atoms with Crippen molar-refractivity contribution in [2.75, 3.05) is 0 Å². The molecule has 0 radical (unpaired) electrons. The first-order valence-electron chi connectivity index (χ1n) is 4.47. The summed E-state index contributed by atoms with van der Waals surface area (Å²) in [7, 11) is 0. The third kappa shape index (κ3) is 1.26. The van der Waals surface area contributed by atoms with E-state index in [2.05, 4.69) is 0 Å². The van der Waals surface area contributed by atoms with Crippen LogP contribution in [0.3, 0.4) is 0 Å². The van der Waals surface area contributed by atoms with Gasteiger partial charge in [-0.3, -0.25) is 4.79 Å². The van der Waals surface area contributed by atoms with Crippen molar-refractivity contribution in [2.24, 2.45) is 17.8 Å². The van der Waals surface area contributed by atoms with Gasteiger partial charge in [-0.05, 0) is 37.0 Å². The molecule has 0 saturated heterocycles. The first kappa shape index (κ1) is 7.14. The normalized spacial score (nSPS) is 41.3. The van der Waals surface area contributed by atoms with Gasteiger partial charge < -0.3 is 5.11 Å². The van der Waals surface area contributed by atoms with Gasteiger partial charge in [0.2, 0.25) is 0 Å². The number of hydrogen-bond acceptors (Lipinski definition) is 1. The number of rotatable bonds is 2. The van der Waals surface area contributed by atoms with Crippen LogP contribution >= 0.6 is 0 Å². The lowest BCUT2D eigenvalue weighted by molar-refractivity contribution is -0.138. The Balaban J connectivity index is 1.92. The molecule has 0 aromatic heterocycles. The van der Waals surface area contributed by atoms with Crippen LogP contribution in [0.1, 0.15) is 32.1 Å². The molecular formula is C9H14O2. The Bertz CT molecular complexity index is 176. The molecule has 3 atom stereocenters. The van der Waals surface area contributed by atoms with Gasteiger partial charge in [0.25, 0.3) is 0 Å². The average Bonchev–Trinajstić information content (AvgIpc) is 2.45. The smallest absolute Gasteiger partial charge is 0.303 e. The molecule has 2 aliphatic carbocycles. The van der Waals surface area contributed by atoms with Crippen LogP contribution < -0.4 is 0 Å². The summed E-state index contributed by atoms with van der Waals surface area (Å²) < 4.78 is 0. The molecule has 1 N–H and O–H groups in total. The topological polar surface area (TPSA) is 37.3 Å². The molecule has 2 nitrogen and oxygen atoms in total. The van der Waals surface area contributed by atoms with E-state index in [1.165, 1.54) is 25.7 Å². The maximum absolute atomic E-state index is 10.4. The summed E-state index contributed by atoms with van der Waals surface area (Å²) in [6.07, 6.45) is 5.58. The van der Waals surface area contributed by atoms with Crippen LogP contribution in [-0.4, -0.2) is 11.1 Å². The van der Waals surface area contributed by atoms with Crippen LogP contribution in [0.2, 0.25) is 0 Å². The van der Waals surface area contributed by atoms with Crippen LogP contribution in [0.4, 0.5) is 0 Å². The summed E-state index contributed by atoms with van der Waals surface area (Å²) in [6, 6.07) is 0. The van der Waals surface area contributed by atoms with E-state index in [-0.39, 0.29) is 0 Å². The minimum atomic E-state index is -0.609. The quantitative estimate of drug-likeness (QED) is 0.659. The summed E-state index contributed by atoms with van der Waals surface area (Å²) in [5.41, 5.74) is 0. The lowest BCUT2D eigenvalue weighted by Crippen LogP contribution is -2.14. The number of fused-ring (bicyclic) bond motifs is 2. The van der Waals surface area contributed by atoms with Crippen molar-refractivity contribution in [1.82, 2.24) is 0 Å². The van der Waals surface area contributed by atoms with Crippen LogP contribution in [0.15, 0.2) is 0 Å². The Morgan fingerprint density at radius 2 is 2.18 bits per heavy atom. The molecule has 2 rings (SSSR count). The van der Waals surface area contributed by atoms with E-state index < -0.39 is 5.97 Å². The van der Waals surface area contributed by atoms with Crippen LogP contribution in [-0.2, 0) is 4.79 Å². The van der Waals surface area contributed by atoms with Crippen LogP contribution in [0, 0.1) is 17.8 Å². The van der Waals surface area contributed by atoms with Gasteiger partial charge in [0.05, 0.1) is 0 Å². The first-order chi connectivity index (χ1) is 5.25. The summed E-state index contributed by atoms with van der Waals surface area (Å²) in [5.74, 6) is 1.55. The molecule has 2 saturated carbocycles. The Morgan fingerprint density at radius 3 is 2.64 bits per heavy atom. The third-order valence-electron chi connectivity index (χ3n) is 3.32. The van der Waals surface area contributed by atoms with E-state index in [1.54, 1.807) is 0 Å². The van der Waals surface area contributed by atoms with Crippen LogP contribution in [0.25, 0.3) is 0 Å². The molecule has 0 amide bonds. The highest BCUT2D eigenvalue weighted by Crippen LogP contribution is 2.49. The van der Waals surface area contributed by atoms with E-state index in [9.17, 15) is 4.79 Å². The maximum Gasteiger partial charge on any atom is 0.303 e. The van der Waals surface area contributed by atoms with Crippen molar-refractivity contribution in [2.45, 2.75) is 32.1 Å². The van der Waals surface area contributed by atoms with E-state index >= 15 is 0 Å². The molecule has 0 aromatic carbocycles. The molecule has 0 heterocycles. The highest BCUT2D eigenvalue weighted by atomic mass is 16.4. The summed E-state index contributed by atoms with van der Waals surface area (Å²) in [5, 5.41) is 8.60. The Kier molecular flexibility index (Phi) is 1.63. The highest BCUT2D eigenvalue weighted by Gasteiger charge is 2.39. The molecule has 2 aliphatic rings. The average molecular weight is 154 g/mol. The second-order valence-corrected chi connectivity index (χ2v) is 4.03. The zero-order chi connectivity index (χ0) is 7.84. The Morgan fingerprint density at radius 1 is 1.36 bits per heavy atom.